The second kappa shape index (κ2) is 4.93. The quantitative estimate of drug-likeness (QED) is 0.335. The van der Waals surface area contributed by atoms with Gasteiger partial charge >= 0.3 is 0 Å². The summed E-state index contributed by atoms with van der Waals surface area (Å²) in [4.78, 5) is 0. The van der Waals surface area contributed by atoms with E-state index in [1.807, 2.05) is 0 Å². The standard InChI is InChI=1S/C7H16O4Si/c1-8-7(9-2)12(3)11-5-6-4-10-6/h6-7,12H,4-5H2,1-3H3. The molecule has 0 aliphatic carbocycles. The molecule has 0 aromatic rings. The topological polar surface area (TPSA) is 40.2 Å². The van der Waals surface area contributed by atoms with E-state index in [0.29, 0.717) is 12.7 Å². The third-order valence-electron chi connectivity index (χ3n) is 1.80. The first-order valence-electron chi connectivity index (χ1n) is 4.06. The van der Waals surface area contributed by atoms with Crippen LogP contribution >= 0.6 is 0 Å². The molecule has 2 unspecified atom stereocenters. The van der Waals surface area contributed by atoms with Crippen LogP contribution in [0.15, 0.2) is 0 Å². The van der Waals surface area contributed by atoms with Gasteiger partial charge in [0.25, 0.3) is 0 Å². The number of ether oxygens (including phenoxy) is 3. The molecule has 4 nitrogen and oxygen atoms in total. The molecule has 5 heteroatoms. The monoisotopic (exact) mass is 192 g/mol. The lowest BCUT2D eigenvalue weighted by Gasteiger charge is -2.19. The fourth-order valence-corrected chi connectivity index (χ4v) is 2.42. The third-order valence-corrected chi connectivity index (χ3v) is 3.82. The molecule has 0 amide bonds. The molecule has 1 heterocycles. The van der Waals surface area contributed by atoms with Gasteiger partial charge in [-0.2, -0.15) is 0 Å². The molecule has 0 bridgehead atoms. The fraction of sp³-hybridized carbons (Fsp3) is 1.00. The SMILES string of the molecule is COC(OC)[SiH](C)OCC1CO1. The van der Waals surface area contributed by atoms with Crippen molar-refractivity contribution in [3.63, 3.8) is 0 Å². The second-order valence-electron chi connectivity index (χ2n) is 2.83. The van der Waals surface area contributed by atoms with Crippen molar-refractivity contribution in [1.29, 1.82) is 0 Å². The lowest BCUT2D eigenvalue weighted by Crippen LogP contribution is -2.35. The van der Waals surface area contributed by atoms with Gasteiger partial charge in [0.1, 0.15) is 6.10 Å². The molecule has 0 aromatic heterocycles. The molecule has 1 fully saturated rings. The van der Waals surface area contributed by atoms with Crippen molar-refractivity contribution in [3.8, 4) is 0 Å². The Morgan fingerprint density at radius 1 is 1.50 bits per heavy atom. The van der Waals surface area contributed by atoms with Gasteiger partial charge in [0.2, 0.25) is 9.04 Å². The van der Waals surface area contributed by atoms with Crippen LogP contribution in [0.1, 0.15) is 0 Å². The van der Waals surface area contributed by atoms with Gasteiger partial charge in [0.05, 0.1) is 13.2 Å². The van der Waals surface area contributed by atoms with E-state index in [0.717, 1.165) is 6.61 Å². The van der Waals surface area contributed by atoms with Crippen molar-refractivity contribution < 1.29 is 18.6 Å². The van der Waals surface area contributed by atoms with Gasteiger partial charge in [0, 0.05) is 14.2 Å². The van der Waals surface area contributed by atoms with Gasteiger partial charge in [-0.3, -0.25) is 0 Å². The van der Waals surface area contributed by atoms with Crippen molar-refractivity contribution in [2.24, 2.45) is 0 Å². The van der Waals surface area contributed by atoms with Crippen LogP contribution in [0, 0.1) is 0 Å². The lowest BCUT2D eigenvalue weighted by molar-refractivity contribution is -0.0571. The van der Waals surface area contributed by atoms with Crippen LogP contribution in [-0.2, 0) is 18.6 Å². The molecule has 0 N–H and O–H groups in total. The number of hydrogen-bond donors (Lipinski definition) is 0. The average Bonchev–Trinajstić information content (AvgIpc) is 2.86. The maximum Gasteiger partial charge on any atom is 0.235 e. The molecule has 1 aliphatic heterocycles. The number of methoxy groups -OCH3 is 2. The Labute approximate surface area is 74.5 Å². The second-order valence-corrected chi connectivity index (χ2v) is 5.12. The summed E-state index contributed by atoms with van der Waals surface area (Å²) in [6.45, 7) is 3.59. The predicted molar refractivity (Wildman–Crippen MR) is 46.5 cm³/mol. The van der Waals surface area contributed by atoms with Gasteiger partial charge in [-0.15, -0.1) is 0 Å². The minimum absolute atomic E-state index is 0.149. The molecule has 72 valence electrons. The Bertz CT molecular complexity index is 125. The van der Waals surface area contributed by atoms with E-state index in [1.165, 1.54) is 0 Å². The molecule has 0 aromatic carbocycles. The summed E-state index contributed by atoms with van der Waals surface area (Å²) >= 11 is 0. The Balaban J connectivity index is 2.10. The van der Waals surface area contributed by atoms with Crippen molar-refractivity contribution in [1.82, 2.24) is 0 Å². The summed E-state index contributed by atoms with van der Waals surface area (Å²) in [7, 11) is 1.91. The summed E-state index contributed by atoms with van der Waals surface area (Å²) in [5.74, 6) is -0.149. The molecule has 1 aliphatic rings. The zero-order chi connectivity index (χ0) is 8.97. The molecular weight excluding hydrogens is 176 g/mol. The molecule has 0 saturated carbocycles. The average molecular weight is 192 g/mol. The van der Waals surface area contributed by atoms with Crippen LogP contribution in [0.25, 0.3) is 0 Å². The lowest BCUT2D eigenvalue weighted by atomic mass is 10.5. The normalized spacial score (nSPS) is 24.5. The van der Waals surface area contributed by atoms with Crippen LogP contribution in [0.2, 0.25) is 6.55 Å². The van der Waals surface area contributed by atoms with Crippen LogP contribution in [0.3, 0.4) is 0 Å². The van der Waals surface area contributed by atoms with E-state index in [2.05, 4.69) is 6.55 Å². The van der Waals surface area contributed by atoms with E-state index < -0.39 is 9.04 Å². The predicted octanol–water partition coefficient (Wildman–Crippen LogP) is -0.0865. The maximum atomic E-state index is 5.57. The van der Waals surface area contributed by atoms with Crippen molar-refractivity contribution >= 4 is 9.04 Å². The first-order chi connectivity index (χ1) is 5.77. The Hall–Kier alpha value is 0.0569. The minimum atomic E-state index is -1.36. The van der Waals surface area contributed by atoms with Gasteiger partial charge in [-0.25, -0.2) is 0 Å². The van der Waals surface area contributed by atoms with Crippen LogP contribution in [-0.4, -0.2) is 48.5 Å². The Morgan fingerprint density at radius 2 is 2.08 bits per heavy atom. The Kier molecular flexibility index (Phi) is 4.17. The molecular formula is C7H16O4Si. The number of hydrogen-bond acceptors (Lipinski definition) is 4. The molecule has 2 atom stereocenters. The summed E-state index contributed by atoms with van der Waals surface area (Å²) in [6.07, 6.45) is 0.328. The van der Waals surface area contributed by atoms with Gasteiger partial charge in [-0.05, 0) is 6.55 Å². The minimum Gasteiger partial charge on any atom is -0.412 e. The molecule has 1 saturated heterocycles. The third kappa shape index (κ3) is 3.20. The highest BCUT2D eigenvalue weighted by molar-refractivity contribution is 6.51. The highest BCUT2D eigenvalue weighted by Gasteiger charge is 2.26. The van der Waals surface area contributed by atoms with Crippen molar-refractivity contribution in [3.05, 3.63) is 0 Å². The summed E-state index contributed by atoms with van der Waals surface area (Å²) in [6, 6.07) is 0. The maximum absolute atomic E-state index is 5.57. The molecule has 0 radical (unpaired) electrons. The highest BCUT2D eigenvalue weighted by atomic mass is 28.3. The number of epoxide rings is 1. The molecule has 1 rings (SSSR count). The van der Waals surface area contributed by atoms with E-state index in [4.69, 9.17) is 18.6 Å². The van der Waals surface area contributed by atoms with Crippen LogP contribution < -0.4 is 0 Å². The molecule has 12 heavy (non-hydrogen) atoms. The zero-order valence-electron chi connectivity index (χ0n) is 7.78. The smallest absolute Gasteiger partial charge is 0.235 e. The van der Waals surface area contributed by atoms with Crippen LogP contribution in [0.5, 0.6) is 0 Å². The largest absolute Gasteiger partial charge is 0.412 e. The van der Waals surface area contributed by atoms with E-state index >= 15 is 0 Å². The zero-order valence-corrected chi connectivity index (χ0v) is 8.93. The van der Waals surface area contributed by atoms with Crippen molar-refractivity contribution in [2.45, 2.75) is 18.6 Å². The van der Waals surface area contributed by atoms with Gasteiger partial charge in [0.15, 0.2) is 5.91 Å². The van der Waals surface area contributed by atoms with E-state index in [9.17, 15) is 0 Å². The molecule has 0 spiro atoms. The van der Waals surface area contributed by atoms with E-state index in [-0.39, 0.29) is 5.91 Å². The summed E-state index contributed by atoms with van der Waals surface area (Å²) in [5.41, 5.74) is 0. The number of rotatable bonds is 6. The highest BCUT2D eigenvalue weighted by Crippen LogP contribution is 2.10. The van der Waals surface area contributed by atoms with E-state index in [1.54, 1.807) is 14.2 Å². The van der Waals surface area contributed by atoms with Crippen LogP contribution in [0.4, 0.5) is 0 Å². The Morgan fingerprint density at radius 3 is 2.50 bits per heavy atom. The first kappa shape index (κ1) is 10.1. The summed E-state index contributed by atoms with van der Waals surface area (Å²) in [5, 5.41) is 0. The first-order valence-corrected chi connectivity index (χ1v) is 6.36. The van der Waals surface area contributed by atoms with Gasteiger partial charge < -0.3 is 18.6 Å². The van der Waals surface area contributed by atoms with Crippen molar-refractivity contribution in [2.75, 3.05) is 27.4 Å². The van der Waals surface area contributed by atoms with Gasteiger partial charge in [-0.1, -0.05) is 0 Å². The fourth-order valence-electron chi connectivity index (χ4n) is 0.981. The summed E-state index contributed by atoms with van der Waals surface area (Å²) < 4.78 is 20.8.